The van der Waals surface area contributed by atoms with Gasteiger partial charge in [0.05, 0.1) is 16.1 Å². The molecule has 4 heterocycles. The maximum atomic E-state index is 15.4. The summed E-state index contributed by atoms with van der Waals surface area (Å²) in [7, 11) is 0. The first-order valence-corrected chi connectivity index (χ1v) is 16.2. The third-order valence-corrected chi connectivity index (χ3v) is 10.2. The van der Waals surface area contributed by atoms with Crippen molar-refractivity contribution < 1.29 is 26.7 Å². The van der Waals surface area contributed by atoms with E-state index in [1.165, 1.54) is 10.6 Å². The number of hydrogen-bond donors (Lipinski definition) is 0. The van der Waals surface area contributed by atoms with Gasteiger partial charge in [0.2, 0.25) is 5.91 Å². The summed E-state index contributed by atoms with van der Waals surface area (Å²) < 4.78 is 76.1. The standard InChI is InChI=1S/C33H29ClF5N5O2S/c1-4-27(45)44-17(2)13-42(14-18(44)3)31-22-10-23(33(37,38)39)28(21-11-24(34)26(36)12-25(21)35)30-29(22)43(32(46)41-31)15-20(16-47-30)9-19-5-7-40-8-6-19/h4-8,10-12,17-18,20H,1,9,13-16H2,2-3H3/t17-,18+,20-/m0/s1. The average Bonchev–Trinajstić information content (AvgIpc) is 3.20. The van der Waals surface area contributed by atoms with Crippen molar-refractivity contribution in [1.82, 2.24) is 19.4 Å². The number of amides is 1. The number of halogens is 6. The molecule has 6 rings (SSSR count). The zero-order valence-electron chi connectivity index (χ0n) is 25.3. The van der Waals surface area contributed by atoms with E-state index in [1.54, 1.807) is 36.0 Å². The van der Waals surface area contributed by atoms with Gasteiger partial charge in [-0.2, -0.15) is 18.2 Å². The lowest BCUT2D eigenvalue weighted by atomic mass is 9.95. The van der Waals surface area contributed by atoms with E-state index in [0.29, 0.717) is 12.5 Å². The molecule has 2 aromatic heterocycles. The van der Waals surface area contributed by atoms with Crippen LogP contribution in [0.1, 0.15) is 25.0 Å². The molecule has 2 aliphatic rings. The van der Waals surface area contributed by atoms with Crippen LogP contribution >= 0.6 is 23.4 Å². The van der Waals surface area contributed by atoms with Gasteiger partial charge in [-0.05, 0) is 62.1 Å². The van der Waals surface area contributed by atoms with E-state index in [1.807, 2.05) is 12.1 Å². The van der Waals surface area contributed by atoms with Crippen LogP contribution in [-0.4, -0.2) is 56.3 Å². The Kier molecular flexibility index (Phi) is 8.81. The summed E-state index contributed by atoms with van der Waals surface area (Å²) in [5.41, 5.74) is -1.80. The molecule has 7 nitrogen and oxygen atoms in total. The number of anilines is 1. The predicted molar refractivity (Wildman–Crippen MR) is 172 cm³/mol. The highest BCUT2D eigenvalue weighted by molar-refractivity contribution is 7.99. The van der Waals surface area contributed by atoms with E-state index in [4.69, 9.17) is 11.6 Å². The van der Waals surface area contributed by atoms with E-state index >= 15 is 17.6 Å². The van der Waals surface area contributed by atoms with Gasteiger partial charge in [0.25, 0.3) is 0 Å². The monoisotopic (exact) mass is 689 g/mol. The quantitative estimate of drug-likeness (QED) is 0.128. The molecule has 1 fully saturated rings. The fourth-order valence-corrected chi connectivity index (χ4v) is 8.18. The molecule has 4 aromatic rings. The first-order valence-electron chi connectivity index (χ1n) is 14.8. The molecule has 3 atom stereocenters. The zero-order valence-corrected chi connectivity index (χ0v) is 26.9. The number of alkyl halides is 3. The maximum Gasteiger partial charge on any atom is 0.417 e. The number of benzene rings is 2. The van der Waals surface area contributed by atoms with E-state index in [9.17, 15) is 14.0 Å². The van der Waals surface area contributed by atoms with E-state index in [-0.39, 0.29) is 70.9 Å². The lowest BCUT2D eigenvalue weighted by molar-refractivity contribution is -0.137. The Balaban J connectivity index is 1.62. The molecule has 0 saturated carbocycles. The summed E-state index contributed by atoms with van der Waals surface area (Å²) in [6.45, 7) is 7.67. The van der Waals surface area contributed by atoms with Crippen LogP contribution in [0.4, 0.5) is 27.8 Å². The van der Waals surface area contributed by atoms with E-state index < -0.39 is 45.2 Å². The second-order valence-electron chi connectivity index (χ2n) is 11.9. The summed E-state index contributed by atoms with van der Waals surface area (Å²) in [6, 6.07) is 5.09. The molecule has 0 aliphatic carbocycles. The molecule has 0 N–H and O–H groups in total. The third-order valence-electron chi connectivity index (χ3n) is 8.61. The van der Waals surface area contributed by atoms with Gasteiger partial charge in [-0.15, -0.1) is 11.8 Å². The van der Waals surface area contributed by atoms with Crippen molar-refractivity contribution >= 4 is 46.0 Å². The van der Waals surface area contributed by atoms with Gasteiger partial charge in [-0.3, -0.25) is 14.3 Å². The molecule has 14 heteroatoms. The number of thioether (sulfide) groups is 1. The van der Waals surface area contributed by atoms with Crippen molar-refractivity contribution in [3.8, 4) is 11.1 Å². The minimum absolute atomic E-state index is 0.0240. The Morgan fingerprint density at radius 1 is 1.09 bits per heavy atom. The number of aromatic nitrogens is 3. The van der Waals surface area contributed by atoms with Crippen molar-refractivity contribution in [3.63, 3.8) is 0 Å². The van der Waals surface area contributed by atoms with Crippen LogP contribution in [0.3, 0.4) is 0 Å². The van der Waals surface area contributed by atoms with Crippen LogP contribution in [0.2, 0.25) is 5.02 Å². The Hall–Kier alpha value is -3.97. The van der Waals surface area contributed by atoms with Gasteiger partial charge in [0, 0.05) is 77.3 Å². The maximum absolute atomic E-state index is 15.4. The fraction of sp³-hybridized carbons (Fsp3) is 0.333. The molecule has 0 unspecified atom stereocenters. The highest BCUT2D eigenvalue weighted by Crippen LogP contribution is 2.50. The minimum atomic E-state index is -4.98. The van der Waals surface area contributed by atoms with Crippen LogP contribution < -0.4 is 10.6 Å². The van der Waals surface area contributed by atoms with Gasteiger partial charge >= 0.3 is 11.9 Å². The van der Waals surface area contributed by atoms with Gasteiger partial charge in [-0.1, -0.05) is 18.2 Å². The number of pyridine rings is 1. The molecular formula is C33H29ClF5N5O2S. The van der Waals surface area contributed by atoms with Crippen molar-refractivity contribution in [2.24, 2.45) is 5.92 Å². The average molecular weight is 690 g/mol. The molecule has 47 heavy (non-hydrogen) atoms. The van der Waals surface area contributed by atoms with E-state index in [0.717, 1.165) is 29.5 Å². The number of carbonyl (C=O) groups excluding carboxylic acids is 1. The molecule has 2 aliphatic heterocycles. The minimum Gasteiger partial charge on any atom is -0.352 e. The second-order valence-corrected chi connectivity index (χ2v) is 13.3. The van der Waals surface area contributed by atoms with Gasteiger partial charge < -0.3 is 9.80 Å². The van der Waals surface area contributed by atoms with Gasteiger partial charge in [0.1, 0.15) is 17.5 Å². The highest BCUT2D eigenvalue weighted by atomic mass is 35.5. The van der Waals surface area contributed by atoms with Gasteiger partial charge in [-0.25, -0.2) is 13.6 Å². The number of piperazine rings is 1. The Morgan fingerprint density at radius 2 is 1.77 bits per heavy atom. The van der Waals surface area contributed by atoms with Crippen molar-refractivity contribution in [2.45, 2.75) is 50.0 Å². The SMILES string of the molecule is C=CC(=O)N1[C@H](C)CN(c2nc(=O)n3c4c(c(-c5cc(Cl)c(F)cc5F)c(C(F)(F)F)cc24)SC[C@@H](Cc2ccncc2)C3)C[C@@H]1C. The smallest absolute Gasteiger partial charge is 0.352 e. The summed E-state index contributed by atoms with van der Waals surface area (Å²) in [5, 5.41) is -0.483. The molecular weight excluding hydrogens is 661 g/mol. The molecule has 1 amide bonds. The molecule has 246 valence electrons. The zero-order chi connectivity index (χ0) is 33.8. The Labute approximate surface area is 276 Å². The highest BCUT2D eigenvalue weighted by Gasteiger charge is 2.40. The normalized spacial score (nSPS) is 20.0. The van der Waals surface area contributed by atoms with Gasteiger partial charge in [0.15, 0.2) is 0 Å². The summed E-state index contributed by atoms with van der Waals surface area (Å²) in [6.07, 6.45) is -0.0192. The van der Waals surface area contributed by atoms with Crippen molar-refractivity contribution in [3.05, 3.63) is 93.6 Å². The van der Waals surface area contributed by atoms with Crippen LogP contribution in [0.5, 0.6) is 0 Å². The third kappa shape index (κ3) is 6.11. The van der Waals surface area contributed by atoms with Crippen LogP contribution in [0, 0.1) is 17.6 Å². The first kappa shape index (κ1) is 33.0. The molecule has 0 radical (unpaired) electrons. The molecule has 1 saturated heterocycles. The predicted octanol–water partition coefficient (Wildman–Crippen LogP) is 6.99. The van der Waals surface area contributed by atoms with E-state index in [2.05, 4.69) is 16.5 Å². The topological polar surface area (TPSA) is 71.3 Å². The number of hydrogen-bond acceptors (Lipinski definition) is 6. The van der Waals surface area contributed by atoms with Crippen LogP contribution in [0.25, 0.3) is 22.0 Å². The van der Waals surface area contributed by atoms with Crippen LogP contribution in [-0.2, 0) is 23.9 Å². The number of nitrogens with zero attached hydrogens (tertiary/aromatic N) is 5. The lowest BCUT2D eigenvalue weighted by Crippen LogP contribution is -2.58. The number of rotatable bonds is 5. The Bertz CT molecular complexity index is 1940. The van der Waals surface area contributed by atoms with Crippen LogP contribution in [0.15, 0.2) is 65.1 Å². The largest absolute Gasteiger partial charge is 0.417 e. The Morgan fingerprint density at radius 3 is 2.40 bits per heavy atom. The lowest BCUT2D eigenvalue weighted by Gasteiger charge is -2.44. The first-order chi connectivity index (χ1) is 22.3. The molecule has 2 aromatic carbocycles. The summed E-state index contributed by atoms with van der Waals surface area (Å²) in [4.78, 5) is 38.2. The summed E-state index contributed by atoms with van der Waals surface area (Å²) in [5.74, 6) is -2.52. The fourth-order valence-electron chi connectivity index (χ4n) is 6.67. The molecule has 0 spiro atoms. The second kappa shape index (κ2) is 12.6. The van der Waals surface area contributed by atoms with Crippen molar-refractivity contribution in [1.29, 1.82) is 0 Å². The summed E-state index contributed by atoms with van der Waals surface area (Å²) >= 11 is 7.07. The molecule has 0 bridgehead atoms. The van der Waals surface area contributed by atoms with Crippen molar-refractivity contribution in [2.75, 3.05) is 23.7 Å². The number of carbonyl (C=O) groups is 1.